The number of benzene rings is 1. The number of fused-ring (bicyclic) bond motifs is 1. The van der Waals surface area contributed by atoms with Gasteiger partial charge in [-0.15, -0.1) is 11.3 Å². The van der Waals surface area contributed by atoms with Crippen molar-refractivity contribution in [1.82, 2.24) is 14.8 Å². The first-order chi connectivity index (χ1) is 15.1. The van der Waals surface area contributed by atoms with Gasteiger partial charge < -0.3 is 14.4 Å². The zero-order valence-electron chi connectivity index (χ0n) is 18.1. The van der Waals surface area contributed by atoms with E-state index in [1.807, 2.05) is 36.4 Å². The van der Waals surface area contributed by atoms with Gasteiger partial charge in [-0.3, -0.25) is 9.69 Å². The van der Waals surface area contributed by atoms with Crippen molar-refractivity contribution < 1.29 is 14.3 Å². The molecule has 3 aromatic rings. The first-order valence-corrected chi connectivity index (χ1v) is 11.1. The Bertz CT molecular complexity index is 1090. The molecule has 2 aromatic heterocycles. The number of hydrogen-bond acceptors (Lipinski definition) is 6. The molecule has 3 heterocycles. The molecule has 1 atom stereocenters. The Balaban J connectivity index is 1.55. The molecule has 1 amide bonds. The van der Waals surface area contributed by atoms with Gasteiger partial charge in [0.25, 0.3) is 5.91 Å². The number of rotatable bonds is 6. The Hall–Kier alpha value is -2.74. The van der Waals surface area contributed by atoms with E-state index in [4.69, 9.17) is 9.47 Å². The zero-order chi connectivity index (χ0) is 21.8. The summed E-state index contributed by atoms with van der Waals surface area (Å²) in [5.41, 5.74) is 2.02. The molecule has 1 aliphatic heterocycles. The van der Waals surface area contributed by atoms with E-state index in [2.05, 4.69) is 22.0 Å². The summed E-state index contributed by atoms with van der Waals surface area (Å²) in [6, 6.07) is 11.9. The van der Waals surface area contributed by atoms with E-state index in [0.717, 1.165) is 51.6 Å². The largest absolute Gasteiger partial charge is 0.496 e. The van der Waals surface area contributed by atoms with Crippen LogP contribution >= 0.6 is 11.3 Å². The monoisotopic (exact) mass is 437 g/mol. The van der Waals surface area contributed by atoms with E-state index in [0.29, 0.717) is 6.61 Å². The Morgan fingerprint density at radius 3 is 2.97 bits per heavy atom. The number of thiophene rings is 1. The molecule has 162 valence electrons. The van der Waals surface area contributed by atoms with Crippen LogP contribution in [-0.2, 0) is 4.74 Å². The molecule has 0 spiro atoms. The number of para-hydroxylation sites is 1. The number of nitrogens with zero attached hydrogens (tertiary/aromatic N) is 3. The van der Waals surface area contributed by atoms with Gasteiger partial charge >= 0.3 is 0 Å². The predicted molar refractivity (Wildman–Crippen MR) is 125 cm³/mol. The second-order valence-corrected chi connectivity index (χ2v) is 8.66. The van der Waals surface area contributed by atoms with Crippen LogP contribution in [0.4, 0.5) is 0 Å². The highest BCUT2D eigenvalue weighted by atomic mass is 32.1. The Labute approximate surface area is 186 Å². The third-order valence-electron chi connectivity index (χ3n) is 5.38. The Morgan fingerprint density at radius 2 is 2.16 bits per heavy atom. The van der Waals surface area contributed by atoms with E-state index in [9.17, 15) is 4.79 Å². The Kier molecular flexibility index (Phi) is 6.65. The number of ether oxygens (including phenoxy) is 2. The average Bonchev–Trinajstić information content (AvgIpc) is 3.18. The fourth-order valence-electron chi connectivity index (χ4n) is 3.81. The van der Waals surface area contributed by atoms with Crippen LogP contribution in [0.3, 0.4) is 0 Å². The second-order valence-electron chi connectivity index (χ2n) is 7.66. The molecule has 0 aliphatic carbocycles. The lowest BCUT2D eigenvalue weighted by Crippen LogP contribution is -2.38. The molecule has 1 aliphatic rings. The van der Waals surface area contributed by atoms with Gasteiger partial charge in [-0.1, -0.05) is 36.4 Å². The van der Waals surface area contributed by atoms with Crippen LogP contribution in [-0.4, -0.2) is 68.1 Å². The van der Waals surface area contributed by atoms with Gasteiger partial charge in [-0.2, -0.15) is 0 Å². The summed E-state index contributed by atoms with van der Waals surface area (Å²) in [7, 11) is 5.24. The van der Waals surface area contributed by atoms with Gasteiger partial charge in [0.1, 0.15) is 15.5 Å². The molecule has 0 N–H and O–H groups in total. The average molecular weight is 438 g/mol. The first kappa shape index (κ1) is 21.5. The predicted octanol–water partition coefficient (Wildman–Crippen LogP) is 4.09. The van der Waals surface area contributed by atoms with Gasteiger partial charge in [0.15, 0.2) is 0 Å². The molecule has 4 rings (SSSR count). The third-order valence-corrected chi connectivity index (χ3v) is 6.49. The van der Waals surface area contributed by atoms with Gasteiger partial charge in [-0.05, 0) is 12.1 Å². The molecule has 0 saturated carbocycles. The van der Waals surface area contributed by atoms with Gasteiger partial charge in [0.2, 0.25) is 0 Å². The van der Waals surface area contributed by atoms with Gasteiger partial charge in [-0.25, -0.2) is 4.98 Å². The van der Waals surface area contributed by atoms with Crippen LogP contribution in [0.1, 0.15) is 26.9 Å². The molecular formula is C24H27N3O3S. The number of pyridine rings is 1. The molecule has 31 heavy (non-hydrogen) atoms. The van der Waals surface area contributed by atoms with Crippen molar-refractivity contribution in [3.8, 4) is 5.75 Å². The minimum absolute atomic E-state index is 0.00482. The number of hydrogen-bond donors (Lipinski definition) is 0. The number of carbonyl (C=O) groups excluding carboxylic acids is 1. The van der Waals surface area contributed by atoms with Crippen molar-refractivity contribution in [2.75, 3.05) is 47.4 Å². The maximum absolute atomic E-state index is 12.9. The van der Waals surface area contributed by atoms with Crippen molar-refractivity contribution >= 4 is 33.5 Å². The number of aromatic nitrogens is 1. The number of morpholine rings is 1. The van der Waals surface area contributed by atoms with Gasteiger partial charge in [0.05, 0.1) is 19.8 Å². The second kappa shape index (κ2) is 9.60. The SMILES string of the molecule is COc1ccccc1/C=C/CN1CCOC(c2c(C(=O)N(C)C)sc3ncccc23)C1. The fraction of sp³-hybridized carbons (Fsp3) is 0.333. The lowest BCUT2D eigenvalue weighted by molar-refractivity contribution is -0.0254. The van der Waals surface area contributed by atoms with Crippen molar-refractivity contribution in [3.63, 3.8) is 0 Å². The maximum Gasteiger partial charge on any atom is 0.263 e. The highest BCUT2D eigenvalue weighted by molar-refractivity contribution is 7.20. The van der Waals surface area contributed by atoms with E-state index >= 15 is 0 Å². The number of methoxy groups -OCH3 is 1. The van der Waals surface area contributed by atoms with Crippen molar-refractivity contribution in [3.05, 3.63) is 64.7 Å². The summed E-state index contributed by atoms with van der Waals surface area (Å²) in [5.74, 6) is 0.859. The summed E-state index contributed by atoms with van der Waals surface area (Å²) in [6.45, 7) is 3.00. The summed E-state index contributed by atoms with van der Waals surface area (Å²) in [5, 5.41) is 1.01. The molecule has 6 nitrogen and oxygen atoms in total. The highest BCUT2D eigenvalue weighted by Gasteiger charge is 2.30. The minimum atomic E-state index is -0.162. The quantitative estimate of drug-likeness (QED) is 0.581. The van der Waals surface area contributed by atoms with Crippen molar-refractivity contribution in [1.29, 1.82) is 0 Å². The van der Waals surface area contributed by atoms with Crippen LogP contribution < -0.4 is 4.74 Å². The maximum atomic E-state index is 12.9. The summed E-state index contributed by atoms with van der Waals surface area (Å²) >= 11 is 1.45. The molecule has 1 unspecified atom stereocenters. The van der Waals surface area contributed by atoms with E-state index in [1.54, 1.807) is 32.3 Å². The molecule has 0 bridgehead atoms. The van der Waals surface area contributed by atoms with Crippen LogP contribution in [0.25, 0.3) is 16.3 Å². The van der Waals surface area contributed by atoms with Gasteiger partial charge in [0, 0.05) is 56.4 Å². The minimum Gasteiger partial charge on any atom is -0.496 e. The molecule has 1 fully saturated rings. The number of carbonyl (C=O) groups is 1. The van der Waals surface area contributed by atoms with E-state index in [-0.39, 0.29) is 12.0 Å². The van der Waals surface area contributed by atoms with Crippen LogP contribution in [0, 0.1) is 0 Å². The molecule has 1 aromatic carbocycles. The third kappa shape index (κ3) is 4.63. The van der Waals surface area contributed by atoms with Crippen LogP contribution in [0.5, 0.6) is 5.75 Å². The fourth-order valence-corrected chi connectivity index (χ4v) is 5.02. The standard InChI is InChI=1S/C24H27N3O3S/c1-26(2)24(28)22-21(18-10-6-12-25-23(18)31-22)20-16-27(14-15-30-20)13-7-9-17-8-4-5-11-19(17)29-3/h4-12,20H,13-16H2,1-3H3/b9-7+. The van der Waals surface area contributed by atoms with Crippen molar-refractivity contribution in [2.45, 2.75) is 6.10 Å². The topological polar surface area (TPSA) is 54.9 Å². The number of amides is 1. The zero-order valence-corrected chi connectivity index (χ0v) is 18.9. The van der Waals surface area contributed by atoms with E-state index in [1.165, 1.54) is 11.3 Å². The molecule has 1 saturated heterocycles. The summed E-state index contributed by atoms with van der Waals surface area (Å²) in [6.07, 6.45) is 5.85. The summed E-state index contributed by atoms with van der Waals surface area (Å²) < 4.78 is 11.6. The van der Waals surface area contributed by atoms with Crippen LogP contribution in [0.2, 0.25) is 0 Å². The van der Waals surface area contributed by atoms with Crippen molar-refractivity contribution in [2.24, 2.45) is 0 Å². The van der Waals surface area contributed by atoms with Crippen LogP contribution in [0.15, 0.2) is 48.7 Å². The molecule has 7 heteroatoms. The molecular weight excluding hydrogens is 410 g/mol. The lowest BCUT2D eigenvalue weighted by atomic mass is 10.0. The lowest BCUT2D eigenvalue weighted by Gasteiger charge is -2.32. The summed E-state index contributed by atoms with van der Waals surface area (Å²) in [4.78, 5) is 22.9. The normalized spacial score (nSPS) is 17.3. The molecule has 0 radical (unpaired) electrons. The first-order valence-electron chi connectivity index (χ1n) is 10.3. The van der Waals surface area contributed by atoms with E-state index < -0.39 is 0 Å². The highest BCUT2D eigenvalue weighted by Crippen LogP contribution is 2.37. The smallest absolute Gasteiger partial charge is 0.263 e. The Morgan fingerprint density at radius 1 is 1.32 bits per heavy atom.